The molecular formula is C12H9ClN6O2. The SMILES string of the molecule is Nc1ncnc2c1ncn2Cc1cc([N+](=O)[O-])ccc1Cl. The first kappa shape index (κ1) is 13.3. The maximum absolute atomic E-state index is 10.8. The predicted octanol–water partition coefficient (Wildman–Crippen LogP) is 2.02. The smallest absolute Gasteiger partial charge is 0.269 e. The monoisotopic (exact) mass is 304 g/mol. The highest BCUT2D eigenvalue weighted by Gasteiger charge is 2.13. The van der Waals surface area contributed by atoms with Gasteiger partial charge in [-0.15, -0.1) is 0 Å². The Kier molecular flexibility index (Phi) is 3.15. The van der Waals surface area contributed by atoms with Crippen molar-refractivity contribution < 1.29 is 4.92 Å². The Balaban J connectivity index is 2.04. The first-order chi connectivity index (χ1) is 10.1. The molecule has 0 atom stereocenters. The van der Waals surface area contributed by atoms with E-state index in [1.165, 1.54) is 24.5 Å². The topological polar surface area (TPSA) is 113 Å². The number of nitro groups is 1. The largest absolute Gasteiger partial charge is 0.382 e. The van der Waals surface area contributed by atoms with E-state index in [4.69, 9.17) is 17.3 Å². The van der Waals surface area contributed by atoms with Crippen LogP contribution in [0.3, 0.4) is 0 Å². The predicted molar refractivity (Wildman–Crippen MR) is 76.9 cm³/mol. The molecule has 3 aromatic rings. The van der Waals surface area contributed by atoms with Crippen molar-refractivity contribution in [3.05, 3.63) is 51.6 Å². The van der Waals surface area contributed by atoms with Crippen molar-refractivity contribution in [3.63, 3.8) is 0 Å². The number of nitrogens with two attached hydrogens (primary N) is 1. The molecule has 0 spiro atoms. The number of hydrogen-bond donors (Lipinski definition) is 1. The number of benzene rings is 1. The van der Waals surface area contributed by atoms with Gasteiger partial charge < -0.3 is 10.3 Å². The van der Waals surface area contributed by atoms with Crippen LogP contribution in [-0.2, 0) is 6.54 Å². The molecule has 0 bridgehead atoms. The molecule has 3 rings (SSSR count). The summed E-state index contributed by atoms with van der Waals surface area (Å²) < 4.78 is 1.71. The summed E-state index contributed by atoms with van der Waals surface area (Å²) in [4.78, 5) is 22.5. The van der Waals surface area contributed by atoms with E-state index < -0.39 is 4.92 Å². The Morgan fingerprint density at radius 2 is 2.14 bits per heavy atom. The second-order valence-corrected chi connectivity index (χ2v) is 4.74. The third-order valence-electron chi connectivity index (χ3n) is 3.01. The van der Waals surface area contributed by atoms with Crippen LogP contribution in [0.1, 0.15) is 5.56 Å². The summed E-state index contributed by atoms with van der Waals surface area (Å²) in [7, 11) is 0. The quantitative estimate of drug-likeness (QED) is 0.585. The van der Waals surface area contributed by atoms with Gasteiger partial charge in [-0.25, -0.2) is 15.0 Å². The van der Waals surface area contributed by atoms with Crippen molar-refractivity contribution in [1.29, 1.82) is 0 Å². The highest BCUT2D eigenvalue weighted by molar-refractivity contribution is 6.31. The van der Waals surface area contributed by atoms with E-state index in [2.05, 4.69) is 15.0 Å². The highest BCUT2D eigenvalue weighted by atomic mass is 35.5. The summed E-state index contributed by atoms with van der Waals surface area (Å²) in [6.45, 7) is 0.299. The number of halogens is 1. The first-order valence-electron chi connectivity index (χ1n) is 5.90. The van der Waals surface area contributed by atoms with Crippen molar-refractivity contribution >= 4 is 34.3 Å². The van der Waals surface area contributed by atoms with Gasteiger partial charge in [-0.05, 0) is 11.6 Å². The van der Waals surface area contributed by atoms with Crippen molar-refractivity contribution in [3.8, 4) is 0 Å². The zero-order valence-electron chi connectivity index (χ0n) is 10.6. The van der Waals surface area contributed by atoms with Gasteiger partial charge in [0.1, 0.15) is 11.8 Å². The molecule has 0 aliphatic rings. The Labute approximate surface area is 123 Å². The van der Waals surface area contributed by atoms with Gasteiger partial charge in [-0.1, -0.05) is 11.6 Å². The molecule has 0 radical (unpaired) electrons. The summed E-state index contributed by atoms with van der Waals surface area (Å²) in [6, 6.07) is 4.29. The van der Waals surface area contributed by atoms with Gasteiger partial charge >= 0.3 is 0 Å². The molecule has 2 heterocycles. The minimum Gasteiger partial charge on any atom is -0.382 e. The summed E-state index contributed by atoms with van der Waals surface area (Å²) in [6.07, 6.45) is 2.88. The number of non-ortho nitro benzene ring substituents is 1. The molecule has 2 N–H and O–H groups in total. The Morgan fingerprint density at radius 1 is 1.33 bits per heavy atom. The lowest BCUT2D eigenvalue weighted by molar-refractivity contribution is -0.384. The molecular weight excluding hydrogens is 296 g/mol. The van der Waals surface area contributed by atoms with Crippen LogP contribution in [0.2, 0.25) is 5.02 Å². The minimum atomic E-state index is -0.466. The van der Waals surface area contributed by atoms with E-state index in [-0.39, 0.29) is 11.5 Å². The minimum absolute atomic E-state index is 0.0204. The molecule has 0 amide bonds. The zero-order chi connectivity index (χ0) is 15.0. The number of hydrogen-bond acceptors (Lipinski definition) is 6. The number of anilines is 1. The fourth-order valence-electron chi connectivity index (χ4n) is 1.99. The number of nitrogen functional groups attached to an aromatic ring is 1. The van der Waals surface area contributed by atoms with E-state index in [1.54, 1.807) is 10.9 Å². The third-order valence-corrected chi connectivity index (χ3v) is 3.38. The molecule has 9 heteroatoms. The van der Waals surface area contributed by atoms with Gasteiger partial charge in [0.05, 0.1) is 17.8 Å². The fourth-order valence-corrected chi connectivity index (χ4v) is 2.17. The molecule has 0 aliphatic carbocycles. The molecule has 0 fully saturated rings. The zero-order valence-corrected chi connectivity index (χ0v) is 11.4. The molecule has 106 valence electrons. The lowest BCUT2D eigenvalue weighted by Gasteiger charge is -2.06. The highest BCUT2D eigenvalue weighted by Crippen LogP contribution is 2.24. The van der Waals surface area contributed by atoms with Crippen LogP contribution in [0.25, 0.3) is 11.2 Å². The normalized spacial score (nSPS) is 10.9. The lowest BCUT2D eigenvalue weighted by atomic mass is 10.2. The van der Waals surface area contributed by atoms with Gasteiger partial charge in [0.15, 0.2) is 11.5 Å². The van der Waals surface area contributed by atoms with Gasteiger partial charge in [-0.2, -0.15) is 0 Å². The number of nitro benzene ring substituents is 1. The Hall–Kier alpha value is -2.74. The third kappa shape index (κ3) is 2.36. The van der Waals surface area contributed by atoms with Crippen LogP contribution in [-0.4, -0.2) is 24.4 Å². The number of imidazole rings is 1. The van der Waals surface area contributed by atoms with Crippen molar-refractivity contribution in [2.24, 2.45) is 0 Å². The average molecular weight is 305 g/mol. The van der Waals surface area contributed by atoms with E-state index in [9.17, 15) is 10.1 Å². The van der Waals surface area contributed by atoms with Gasteiger partial charge in [-0.3, -0.25) is 10.1 Å². The van der Waals surface area contributed by atoms with Crippen LogP contribution < -0.4 is 5.73 Å². The van der Waals surface area contributed by atoms with Crippen LogP contribution in [0.15, 0.2) is 30.9 Å². The standard InChI is InChI=1S/C12H9ClN6O2/c13-9-2-1-8(19(20)21)3-7(9)4-18-6-17-10-11(14)15-5-16-12(10)18/h1-3,5-6H,4H2,(H2,14,15,16). The Morgan fingerprint density at radius 3 is 2.90 bits per heavy atom. The summed E-state index contributed by atoms with van der Waals surface area (Å²) in [5, 5.41) is 11.3. The second-order valence-electron chi connectivity index (χ2n) is 4.34. The van der Waals surface area contributed by atoms with Crippen LogP contribution in [0.5, 0.6) is 0 Å². The molecule has 0 aliphatic heterocycles. The first-order valence-corrected chi connectivity index (χ1v) is 6.28. The van der Waals surface area contributed by atoms with Crippen molar-refractivity contribution in [2.45, 2.75) is 6.54 Å². The van der Waals surface area contributed by atoms with Crippen LogP contribution >= 0.6 is 11.6 Å². The van der Waals surface area contributed by atoms with Gasteiger partial charge in [0.2, 0.25) is 0 Å². The maximum Gasteiger partial charge on any atom is 0.269 e. The molecule has 2 aromatic heterocycles. The van der Waals surface area contributed by atoms with Crippen LogP contribution in [0, 0.1) is 10.1 Å². The van der Waals surface area contributed by atoms with E-state index in [1.807, 2.05) is 0 Å². The average Bonchev–Trinajstić information content (AvgIpc) is 2.86. The Bertz CT molecular complexity index is 847. The summed E-state index contributed by atoms with van der Waals surface area (Å²) in [5.41, 5.74) is 7.32. The lowest BCUT2D eigenvalue weighted by Crippen LogP contribution is -2.02. The number of rotatable bonds is 3. The second kappa shape index (κ2) is 4.98. The van der Waals surface area contributed by atoms with Crippen molar-refractivity contribution in [1.82, 2.24) is 19.5 Å². The maximum atomic E-state index is 10.8. The van der Waals surface area contributed by atoms with Crippen molar-refractivity contribution in [2.75, 3.05) is 5.73 Å². The van der Waals surface area contributed by atoms with E-state index in [0.717, 1.165) is 0 Å². The molecule has 0 saturated heterocycles. The molecule has 1 aromatic carbocycles. The summed E-state index contributed by atoms with van der Waals surface area (Å²) in [5.74, 6) is 0.281. The van der Waals surface area contributed by atoms with Crippen LogP contribution in [0.4, 0.5) is 11.5 Å². The fraction of sp³-hybridized carbons (Fsp3) is 0.0833. The molecule has 8 nitrogen and oxygen atoms in total. The van der Waals surface area contributed by atoms with Gasteiger partial charge in [0.25, 0.3) is 5.69 Å². The summed E-state index contributed by atoms with van der Waals surface area (Å²) >= 11 is 6.09. The van der Waals surface area contributed by atoms with E-state index in [0.29, 0.717) is 28.3 Å². The molecule has 0 unspecified atom stereocenters. The molecule has 21 heavy (non-hydrogen) atoms. The number of fused-ring (bicyclic) bond motifs is 1. The van der Waals surface area contributed by atoms with E-state index >= 15 is 0 Å². The number of aromatic nitrogens is 4. The molecule has 0 saturated carbocycles. The van der Waals surface area contributed by atoms with Gasteiger partial charge in [0, 0.05) is 17.2 Å². The number of nitrogens with zero attached hydrogens (tertiary/aromatic N) is 5.